The van der Waals surface area contributed by atoms with Crippen LogP contribution in [0.2, 0.25) is 0 Å². The van der Waals surface area contributed by atoms with Crippen molar-refractivity contribution >= 4 is 11.7 Å². The lowest BCUT2D eigenvalue weighted by atomic mass is 10.1. The molecule has 3 nitrogen and oxygen atoms in total. The van der Waals surface area contributed by atoms with Crippen molar-refractivity contribution in [3.05, 3.63) is 29.8 Å². The summed E-state index contributed by atoms with van der Waals surface area (Å²) in [6.45, 7) is 6.52. The molecule has 0 aliphatic carbocycles. The molecule has 0 aliphatic rings. The highest BCUT2D eigenvalue weighted by Crippen LogP contribution is 2.15. The Morgan fingerprint density at radius 3 is 2.45 bits per heavy atom. The Hall–Kier alpha value is -1.51. The minimum Gasteiger partial charge on any atom is -0.464 e. The van der Waals surface area contributed by atoms with Crippen molar-refractivity contribution in [3.63, 3.8) is 0 Å². The Morgan fingerprint density at radius 1 is 1.15 bits per heavy atom. The lowest BCUT2D eigenvalue weighted by molar-refractivity contribution is -0.144. The maximum Gasteiger partial charge on any atom is 0.328 e. The molecule has 0 aliphatic heterocycles. The largest absolute Gasteiger partial charge is 0.464 e. The van der Waals surface area contributed by atoms with Crippen molar-refractivity contribution in [3.8, 4) is 0 Å². The topological polar surface area (TPSA) is 38.3 Å². The van der Waals surface area contributed by atoms with Crippen molar-refractivity contribution in [2.24, 2.45) is 0 Å². The quantitative estimate of drug-likeness (QED) is 0.540. The summed E-state index contributed by atoms with van der Waals surface area (Å²) in [4.78, 5) is 12.0. The normalized spacial score (nSPS) is 11.9. The molecule has 0 heterocycles. The van der Waals surface area contributed by atoms with Gasteiger partial charge in [0.05, 0.1) is 6.61 Å². The zero-order valence-electron chi connectivity index (χ0n) is 12.9. The van der Waals surface area contributed by atoms with Gasteiger partial charge in [0.2, 0.25) is 0 Å². The first-order valence-electron chi connectivity index (χ1n) is 7.67. The summed E-state index contributed by atoms with van der Waals surface area (Å²) in [5, 5.41) is 3.29. The number of unbranched alkanes of at least 4 members (excludes halogenated alkanes) is 3. The number of rotatable bonds is 9. The third kappa shape index (κ3) is 6.09. The molecular formula is C17H27NO2. The lowest BCUT2D eigenvalue weighted by Crippen LogP contribution is -2.31. The van der Waals surface area contributed by atoms with E-state index in [1.165, 1.54) is 24.8 Å². The minimum absolute atomic E-state index is 0.149. The molecule has 20 heavy (non-hydrogen) atoms. The van der Waals surface area contributed by atoms with Gasteiger partial charge < -0.3 is 10.1 Å². The summed E-state index contributed by atoms with van der Waals surface area (Å²) in [5.41, 5.74) is 2.19. The first kappa shape index (κ1) is 16.5. The molecule has 0 fully saturated rings. The number of anilines is 1. The number of hydrogen-bond acceptors (Lipinski definition) is 3. The van der Waals surface area contributed by atoms with E-state index in [-0.39, 0.29) is 12.0 Å². The fourth-order valence-electron chi connectivity index (χ4n) is 2.12. The number of aryl methyl sites for hydroxylation is 1. The Bertz CT molecular complexity index is 386. The van der Waals surface area contributed by atoms with Crippen LogP contribution in [-0.2, 0) is 9.53 Å². The molecule has 1 aromatic rings. The second-order valence-corrected chi connectivity index (χ2v) is 5.16. The maximum atomic E-state index is 12.0. The van der Waals surface area contributed by atoms with Crippen molar-refractivity contribution < 1.29 is 9.53 Å². The van der Waals surface area contributed by atoms with Crippen LogP contribution < -0.4 is 5.32 Å². The molecular weight excluding hydrogens is 250 g/mol. The Labute approximate surface area is 122 Å². The average molecular weight is 277 g/mol. The predicted octanol–water partition coefficient (Wildman–Crippen LogP) is 4.31. The molecule has 3 heteroatoms. The van der Waals surface area contributed by atoms with Gasteiger partial charge in [-0.2, -0.15) is 0 Å². The standard InChI is InChI=1S/C17H27NO2/c1-4-6-7-8-9-16(17(19)20-5-2)18-15-12-10-14(3)11-13-15/h10-13,16,18H,4-9H2,1-3H3. The van der Waals surface area contributed by atoms with Gasteiger partial charge in [-0.15, -0.1) is 0 Å². The molecule has 0 aromatic heterocycles. The summed E-state index contributed by atoms with van der Waals surface area (Å²) in [6.07, 6.45) is 5.47. The summed E-state index contributed by atoms with van der Waals surface area (Å²) < 4.78 is 5.16. The van der Waals surface area contributed by atoms with Gasteiger partial charge in [0.1, 0.15) is 6.04 Å². The fourth-order valence-corrected chi connectivity index (χ4v) is 2.12. The second-order valence-electron chi connectivity index (χ2n) is 5.16. The summed E-state index contributed by atoms with van der Waals surface area (Å²) in [5.74, 6) is -0.149. The SMILES string of the molecule is CCCCCCC(Nc1ccc(C)cc1)C(=O)OCC. The Morgan fingerprint density at radius 2 is 1.85 bits per heavy atom. The number of hydrogen-bond donors (Lipinski definition) is 1. The summed E-state index contributed by atoms with van der Waals surface area (Å²) in [6, 6.07) is 7.86. The van der Waals surface area contributed by atoms with Gasteiger partial charge in [0.15, 0.2) is 0 Å². The van der Waals surface area contributed by atoms with Gasteiger partial charge in [0, 0.05) is 5.69 Å². The lowest BCUT2D eigenvalue weighted by Gasteiger charge is -2.18. The van der Waals surface area contributed by atoms with Crippen LogP contribution in [0.4, 0.5) is 5.69 Å². The van der Waals surface area contributed by atoms with Crippen LogP contribution in [0.5, 0.6) is 0 Å². The highest BCUT2D eigenvalue weighted by atomic mass is 16.5. The number of benzene rings is 1. The molecule has 0 radical (unpaired) electrons. The van der Waals surface area contributed by atoms with Crippen LogP contribution in [-0.4, -0.2) is 18.6 Å². The molecule has 0 bridgehead atoms. The molecule has 1 unspecified atom stereocenters. The third-order valence-electron chi connectivity index (χ3n) is 3.31. The Kier molecular flexibility index (Phi) is 7.78. The van der Waals surface area contributed by atoms with E-state index >= 15 is 0 Å². The number of carbonyl (C=O) groups is 1. The van der Waals surface area contributed by atoms with Crippen LogP contribution in [0.15, 0.2) is 24.3 Å². The van der Waals surface area contributed by atoms with E-state index in [0.29, 0.717) is 6.61 Å². The van der Waals surface area contributed by atoms with E-state index in [4.69, 9.17) is 4.74 Å². The van der Waals surface area contributed by atoms with Crippen molar-refractivity contribution in [2.75, 3.05) is 11.9 Å². The molecule has 0 spiro atoms. The van der Waals surface area contributed by atoms with E-state index in [9.17, 15) is 4.79 Å². The molecule has 1 rings (SSSR count). The van der Waals surface area contributed by atoms with Gasteiger partial charge >= 0.3 is 5.97 Å². The van der Waals surface area contributed by atoms with Crippen LogP contribution in [0.3, 0.4) is 0 Å². The highest BCUT2D eigenvalue weighted by molar-refractivity contribution is 5.79. The minimum atomic E-state index is -0.241. The van der Waals surface area contributed by atoms with Crippen LogP contribution in [0.1, 0.15) is 51.5 Å². The number of esters is 1. The van der Waals surface area contributed by atoms with Crippen molar-refractivity contribution in [2.45, 2.75) is 58.9 Å². The molecule has 0 saturated heterocycles. The smallest absolute Gasteiger partial charge is 0.328 e. The van der Waals surface area contributed by atoms with Gasteiger partial charge in [0.25, 0.3) is 0 Å². The van der Waals surface area contributed by atoms with Crippen molar-refractivity contribution in [1.29, 1.82) is 0 Å². The van der Waals surface area contributed by atoms with Gasteiger partial charge in [-0.05, 0) is 32.4 Å². The van der Waals surface area contributed by atoms with Crippen LogP contribution in [0.25, 0.3) is 0 Å². The van der Waals surface area contributed by atoms with Crippen LogP contribution in [0, 0.1) is 6.92 Å². The molecule has 1 atom stereocenters. The molecule has 1 N–H and O–H groups in total. The zero-order valence-corrected chi connectivity index (χ0v) is 12.9. The first-order chi connectivity index (χ1) is 9.67. The summed E-state index contributed by atoms with van der Waals surface area (Å²) in [7, 11) is 0. The molecule has 0 amide bonds. The van der Waals surface area contributed by atoms with Gasteiger partial charge in [-0.25, -0.2) is 4.79 Å². The predicted molar refractivity (Wildman–Crippen MR) is 84.0 cm³/mol. The second kappa shape index (κ2) is 9.40. The molecule has 112 valence electrons. The van der Waals surface area contributed by atoms with Crippen molar-refractivity contribution in [1.82, 2.24) is 0 Å². The average Bonchev–Trinajstić information content (AvgIpc) is 2.44. The van der Waals surface area contributed by atoms with Gasteiger partial charge in [-0.1, -0.05) is 50.3 Å². The highest BCUT2D eigenvalue weighted by Gasteiger charge is 2.18. The number of nitrogens with one attached hydrogen (secondary N) is 1. The van der Waals surface area contributed by atoms with E-state index < -0.39 is 0 Å². The fraction of sp³-hybridized carbons (Fsp3) is 0.588. The van der Waals surface area contributed by atoms with E-state index in [2.05, 4.69) is 19.2 Å². The third-order valence-corrected chi connectivity index (χ3v) is 3.31. The molecule has 1 aromatic carbocycles. The maximum absolute atomic E-state index is 12.0. The van der Waals surface area contributed by atoms with E-state index in [1.54, 1.807) is 0 Å². The zero-order chi connectivity index (χ0) is 14.8. The van der Waals surface area contributed by atoms with E-state index in [1.807, 2.05) is 31.2 Å². The molecule has 0 saturated carbocycles. The monoisotopic (exact) mass is 277 g/mol. The Balaban J connectivity index is 2.56. The first-order valence-corrected chi connectivity index (χ1v) is 7.67. The van der Waals surface area contributed by atoms with E-state index in [0.717, 1.165) is 18.5 Å². The van der Waals surface area contributed by atoms with Gasteiger partial charge in [-0.3, -0.25) is 0 Å². The summed E-state index contributed by atoms with van der Waals surface area (Å²) >= 11 is 0. The number of ether oxygens (including phenoxy) is 1. The number of carbonyl (C=O) groups excluding carboxylic acids is 1. The van der Waals surface area contributed by atoms with Crippen LogP contribution >= 0.6 is 0 Å².